The Morgan fingerprint density at radius 1 is 0.958 bits per heavy atom. The van der Waals surface area contributed by atoms with Gasteiger partial charge in [0.25, 0.3) is 14.3 Å². The fourth-order valence-corrected chi connectivity index (χ4v) is 6.43. The van der Waals surface area contributed by atoms with Crippen molar-refractivity contribution in [3.63, 3.8) is 0 Å². The molecule has 0 radical (unpaired) electrons. The van der Waals surface area contributed by atoms with Gasteiger partial charge in [-0.3, -0.25) is 4.79 Å². The summed E-state index contributed by atoms with van der Waals surface area (Å²) in [7, 11) is -3.04. The summed E-state index contributed by atoms with van der Waals surface area (Å²) >= 11 is 0. The maximum Gasteiger partial charge on any atom is 0.282 e. The quantitative estimate of drug-likeness (QED) is 0.605. The zero-order chi connectivity index (χ0) is 17.7. The molecular weight excluding hydrogens is 316 g/mol. The van der Waals surface area contributed by atoms with Gasteiger partial charge in [0.1, 0.15) is 0 Å². The Hall–Kier alpha value is -1.94. The van der Waals surface area contributed by atoms with E-state index in [0.717, 1.165) is 10.8 Å². The standard InChI is InChI=1S/C20H26FNOSi/c1-15(2)24(21,16(3)4)19-12-10-18(11-13-19)20(23)22-14-17-8-6-5-7-9-17/h5-13,15-16H,14H2,1-4H3,(H,22,23)/i21-1. The SMILES string of the molecule is CC(C)[Si]([18F])(c1ccc(C(=O)NCc2ccccc2)cc1)C(C)C. The molecule has 2 rings (SSSR count). The summed E-state index contributed by atoms with van der Waals surface area (Å²) in [5.41, 5.74) is 1.64. The van der Waals surface area contributed by atoms with Gasteiger partial charge in [-0.1, -0.05) is 70.2 Å². The first-order valence-corrected chi connectivity index (χ1v) is 10.5. The average Bonchev–Trinajstić information content (AvgIpc) is 2.59. The summed E-state index contributed by atoms with van der Waals surface area (Å²) in [5.74, 6) is -0.134. The summed E-state index contributed by atoms with van der Waals surface area (Å²) in [6, 6.07) is 16.8. The molecule has 2 aromatic rings. The van der Waals surface area contributed by atoms with Crippen molar-refractivity contribution in [1.82, 2.24) is 5.32 Å². The highest BCUT2D eigenvalue weighted by Crippen LogP contribution is 2.33. The third-order valence-electron chi connectivity index (χ3n) is 4.57. The predicted octanol–water partition coefficient (Wildman–Crippen LogP) is 4.56. The van der Waals surface area contributed by atoms with Gasteiger partial charge in [-0.25, -0.2) is 0 Å². The van der Waals surface area contributed by atoms with Crippen LogP contribution in [0.5, 0.6) is 0 Å². The molecule has 0 aromatic heterocycles. The van der Waals surface area contributed by atoms with Crippen LogP contribution in [0.1, 0.15) is 43.6 Å². The summed E-state index contributed by atoms with van der Waals surface area (Å²) in [5, 5.41) is 3.67. The van der Waals surface area contributed by atoms with Crippen LogP contribution >= 0.6 is 0 Å². The van der Waals surface area contributed by atoms with Crippen LogP contribution in [0.2, 0.25) is 11.1 Å². The number of benzene rings is 2. The van der Waals surface area contributed by atoms with Crippen LogP contribution in [0, 0.1) is 0 Å². The molecule has 24 heavy (non-hydrogen) atoms. The minimum Gasteiger partial charge on any atom is -0.348 e. The van der Waals surface area contributed by atoms with Crippen LogP contribution in [0.15, 0.2) is 54.6 Å². The molecule has 0 aliphatic carbocycles. The maximum atomic E-state index is 15.5. The minimum absolute atomic E-state index is 0.00950. The highest BCUT2D eigenvalue weighted by atomic mass is 28.4. The van der Waals surface area contributed by atoms with Gasteiger partial charge in [0, 0.05) is 12.1 Å². The lowest BCUT2D eigenvalue weighted by Crippen LogP contribution is -2.49. The Labute approximate surface area is 145 Å². The molecule has 128 valence electrons. The van der Waals surface area contributed by atoms with E-state index < -0.39 is 8.41 Å². The zero-order valence-corrected chi connectivity index (χ0v) is 15.8. The normalized spacial score (nSPS) is 11.8. The number of carbonyl (C=O) groups is 1. The van der Waals surface area contributed by atoms with Crippen LogP contribution < -0.4 is 10.5 Å². The van der Waals surface area contributed by atoms with Gasteiger partial charge in [-0.2, -0.15) is 0 Å². The van der Waals surface area contributed by atoms with Crippen molar-refractivity contribution in [1.29, 1.82) is 0 Å². The lowest BCUT2D eigenvalue weighted by molar-refractivity contribution is 0.0951. The van der Waals surface area contributed by atoms with E-state index in [1.54, 1.807) is 24.3 Å². The van der Waals surface area contributed by atoms with E-state index in [4.69, 9.17) is 0 Å². The van der Waals surface area contributed by atoms with Gasteiger partial charge in [0.05, 0.1) is 0 Å². The smallest absolute Gasteiger partial charge is 0.282 e. The molecule has 2 aromatic carbocycles. The number of halogens is 1. The Balaban J connectivity index is 2.09. The topological polar surface area (TPSA) is 29.1 Å². The Morgan fingerprint density at radius 2 is 1.50 bits per heavy atom. The molecular formula is C20H26FNOSi. The molecule has 0 aliphatic rings. The van der Waals surface area contributed by atoms with Gasteiger partial charge in [-0.15, -0.1) is 0 Å². The van der Waals surface area contributed by atoms with E-state index in [-0.39, 0.29) is 17.0 Å². The predicted molar refractivity (Wildman–Crippen MR) is 101 cm³/mol. The minimum atomic E-state index is -3.04. The highest BCUT2D eigenvalue weighted by Gasteiger charge is 2.43. The number of nitrogens with one attached hydrogen (secondary N) is 1. The van der Waals surface area contributed by atoms with Crippen molar-refractivity contribution < 1.29 is 8.90 Å². The van der Waals surface area contributed by atoms with Crippen molar-refractivity contribution in [2.75, 3.05) is 0 Å². The fourth-order valence-electron chi connectivity index (χ4n) is 3.09. The van der Waals surface area contributed by atoms with Crippen molar-refractivity contribution in [3.8, 4) is 0 Å². The number of rotatable bonds is 6. The van der Waals surface area contributed by atoms with E-state index in [2.05, 4.69) is 5.32 Å². The first-order chi connectivity index (χ1) is 11.4. The third kappa shape index (κ3) is 3.93. The van der Waals surface area contributed by atoms with Crippen LogP contribution in [0.4, 0.5) is 4.11 Å². The van der Waals surface area contributed by atoms with E-state index >= 15 is 4.11 Å². The molecule has 0 bridgehead atoms. The van der Waals surface area contributed by atoms with Crippen molar-refractivity contribution in [2.24, 2.45) is 0 Å². The maximum absolute atomic E-state index is 15.5. The van der Waals surface area contributed by atoms with E-state index in [9.17, 15) is 4.79 Å². The molecule has 0 saturated heterocycles. The first kappa shape index (κ1) is 18.4. The second kappa shape index (κ2) is 7.75. The molecule has 0 atom stereocenters. The van der Waals surface area contributed by atoms with Gasteiger partial charge < -0.3 is 9.42 Å². The number of carbonyl (C=O) groups excluding carboxylic acids is 1. The van der Waals surface area contributed by atoms with Gasteiger partial charge in [0.2, 0.25) is 0 Å². The molecule has 1 N–H and O–H groups in total. The lowest BCUT2D eigenvalue weighted by atomic mass is 10.2. The first-order valence-electron chi connectivity index (χ1n) is 8.47. The highest BCUT2D eigenvalue weighted by molar-refractivity contribution is 6.88. The van der Waals surface area contributed by atoms with Crippen LogP contribution in [0.3, 0.4) is 0 Å². The second-order valence-electron chi connectivity index (χ2n) is 6.82. The average molecular weight is 343 g/mol. The van der Waals surface area contributed by atoms with Crippen molar-refractivity contribution >= 4 is 19.5 Å². The van der Waals surface area contributed by atoms with Crippen LogP contribution in [-0.2, 0) is 6.54 Å². The Morgan fingerprint density at radius 3 is 2.00 bits per heavy atom. The molecule has 2 nitrogen and oxygen atoms in total. The Kier molecular flexibility index (Phi) is 5.94. The van der Waals surface area contributed by atoms with E-state index in [1.807, 2.05) is 58.0 Å². The molecule has 0 spiro atoms. The number of hydrogen-bond donors (Lipinski definition) is 1. The van der Waals surface area contributed by atoms with E-state index in [0.29, 0.717) is 12.1 Å². The van der Waals surface area contributed by atoms with Gasteiger partial charge >= 0.3 is 0 Å². The fraction of sp³-hybridized carbons (Fsp3) is 0.350. The second-order valence-corrected chi connectivity index (χ2v) is 11.2. The monoisotopic (exact) mass is 342 g/mol. The molecule has 0 unspecified atom stereocenters. The van der Waals surface area contributed by atoms with Crippen molar-refractivity contribution in [3.05, 3.63) is 65.7 Å². The summed E-state index contributed by atoms with van der Waals surface area (Å²) < 4.78 is 15.5. The summed E-state index contributed by atoms with van der Waals surface area (Å²) in [4.78, 5) is 12.3. The van der Waals surface area contributed by atoms with Gasteiger partial charge in [-0.05, 0) is 34.0 Å². The largest absolute Gasteiger partial charge is 0.348 e. The molecule has 4 heteroatoms. The zero-order valence-electron chi connectivity index (χ0n) is 14.8. The van der Waals surface area contributed by atoms with Crippen LogP contribution in [-0.4, -0.2) is 14.3 Å². The molecule has 1 amide bonds. The summed E-state index contributed by atoms with van der Waals surface area (Å²) in [6.07, 6.45) is 0. The molecule has 0 aliphatic heterocycles. The summed E-state index contributed by atoms with van der Waals surface area (Å²) in [6.45, 7) is 8.29. The number of hydrogen-bond acceptors (Lipinski definition) is 1. The molecule has 0 fully saturated rings. The van der Waals surface area contributed by atoms with Crippen molar-refractivity contribution in [2.45, 2.75) is 45.3 Å². The third-order valence-corrected chi connectivity index (χ3v) is 9.15. The Bertz CT molecular complexity index is 660. The lowest BCUT2D eigenvalue weighted by Gasteiger charge is -2.30. The molecule has 0 heterocycles. The van der Waals surface area contributed by atoms with Gasteiger partial charge in [0.15, 0.2) is 0 Å². The van der Waals surface area contributed by atoms with Crippen LogP contribution in [0.25, 0.3) is 0 Å². The molecule has 0 saturated carbocycles. The number of amides is 1. The van der Waals surface area contributed by atoms with E-state index in [1.165, 1.54) is 0 Å².